The smallest absolute Gasteiger partial charge is 0.147 e. The lowest BCUT2D eigenvalue weighted by atomic mass is 10.2. The van der Waals surface area contributed by atoms with E-state index in [0.29, 0.717) is 30.3 Å². The van der Waals surface area contributed by atoms with Crippen molar-refractivity contribution in [2.45, 2.75) is 0 Å². The van der Waals surface area contributed by atoms with Crippen LogP contribution in [0.4, 0.5) is 15.8 Å². The van der Waals surface area contributed by atoms with Gasteiger partial charge in [0.05, 0.1) is 17.3 Å². The first-order valence-corrected chi connectivity index (χ1v) is 6.12. The number of halogens is 1. The molecular formula is C15H14FN3O. The first kappa shape index (κ1) is 13.8. The number of benzene rings is 2. The molecule has 0 saturated carbocycles. The van der Waals surface area contributed by atoms with Crippen LogP contribution in [0.1, 0.15) is 5.56 Å². The molecule has 2 aromatic carbocycles. The third-order valence-corrected chi connectivity index (χ3v) is 2.60. The van der Waals surface area contributed by atoms with Gasteiger partial charge in [0.25, 0.3) is 0 Å². The van der Waals surface area contributed by atoms with E-state index in [1.165, 1.54) is 12.1 Å². The molecule has 0 radical (unpaired) electrons. The van der Waals surface area contributed by atoms with Crippen molar-refractivity contribution in [1.29, 1.82) is 5.26 Å². The van der Waals surface area contributed by atoms with Gasteiger partial charge in [0, 0.05) is 18.3 Å². The molecular weight excluding hydrogens is 257 g/mol. The highest BCUT2D eigenvalue weighted by Gasteiger charge is 2.04. The molecule has 0 unspecified atom stereocenters. The molecule has 0 bridgehead atoms. The van der Waals surface area contributed by atoms with Gasteiger partial charge >= 0.3 is 0 Å². The molecule has 0 spiro atoms. The molecule has 5 heteroatoms. The molecule has 0 aliphatic heterocycles. The predicted octanol–water partition coefficient (Wildman–Crippen LogP) is 2.78. The quantitative estimate of drug-likeness (QED) is 0.877. The molecule has 3 N–H and O–H groups in total. The molecule has 0 saturated heterocycles. The zero-order valence-electron chi connectivity index (χ0n) is 10.8. The maximum absolute atomic E-state index is 13.8. The molecule has 20 heavy (non-hydrogen) atoms. The Morgan fingerprint density at radius 1 is 1.25 bits per heavy atom. The number of nitrogens with one attached hydrogen (secondary N) is 1. The van der Waals surface area contributed by atoms with Gasteiger partial charge in [-0.15, -0.1) is 0 Å². The van der Waals surface area contributed by atoms with Crippen LogP contribution in [-0.2, 0) is 0 Å². The van der Waals surface area contributed by atoms with E-state index < -0.39 is 5.82 Å². The fourth-order valence-corrected chi connectivity index (χ4v) is 1.68. The lowest BCUT2D eigenvalue weighted by molar-refractivity contribution is 0.328. The van der Waals surface area contributed by atoms with Crippen LogP contribution < -0.4 is 15.8 Å². The van der Waals surface area contributed by atoms with Crippen molar-refractivity contribution in [2.24, 2.45) is 5.73 Å². The van der Waals surface area contributed by atoms with Crippen LogP contribution >= 0.6 is 0 Å². The van der Waals surface area contributed by atoms with Crippen molar-refractivity contribution in [3.8, 4) is 11.8 Å². The summed E-state index contributed by atoms with van der Waals surface area (Å²) in [5.74, 6) is 0.187. The van der Waals surface area contributed by atoms with Crippen molar-refractivity contribution in [1.82, 2.24) is 0 Å². The minimum atomic E-state index is -0.475. The SMILES string of the molecule is N#Cc1ccc(Nc2cccc(OCCN)c2)c(F)c1. The highest BCUT2D eigenvalue weighted by molar-refractivity contribution is 5.62. The zero-order valence-corrected chi connectivity index (χ0v) is 10.8. The van der Waals surface area contributed by atoms with Gasteiger partial charge in [-0.25, -0.2) is 4.39 Å². The number of nitrogens with two attached hydrogens (primary N) is 1. The Morgan fingerprint density at radius 2 is 2.10 bits per heavy atom. The number of rotatable bonds is 5. The molecule has 0 heterocycles. The second-order valence-corrected chi connectivity index (χ2v) is 4.10. The van der Waals surface area contributed by atoms with Gasteiger partial charge < -0.3 is 15.8 Å². The summed E-state index contributed by atoms with van der Waals surface area (Å²) in [5, 5.41) is 11.6. The summed E-state index contributed by atoms with van der Waals surface area (Å²) in [6.45, 7) is 0.858. The molecule has 0 aromatic heterocycles. The van der Waals surface area contributed by atoms with Gasteiger partial charge in [0.15, 0.2) is 0 Å². The van der Waals surface area contributed by atoms with Crippen LogP contribution in [0.15, 0.2) is 42.5 Å². The Labute approximate surface area is 116 Å². The van der Waals surface area contributed by atoms with E-state index in [1.807, 2.05) is 6.07 Å². The number of ether oxygens (including phenoxy) is 1. The molecule has 0 amide bonds. The highest BCUT2D eigenvalue weighted by Crippen LogP contribution is 2.23. The number of anilines is 2. The summed E-state index contributed by atoms with van der Waals surface area (Å²) in [5.41, 5.74) is 6.66. The topological polar surface area (TPSA) is 71.1 Å². The van der Waals surface area contributed by atoms with Gasteiger partial charge in [-0.1, -0.05) is 6.07 Å². The van der Waals surface area contributed by atoms with Crippen LogP contribution in [-0.4, -0.2) is 13.2 Å². The molecule has 0 fully saturated rings. The van der Waals surface area contributed by atoms with Gasteiger partial charge in [0.1, 0.15) is 18.2 Å². The number of nitriles is 1. The van der Waals surface area contributed by atoms with Crippen LogP contribution in [0.25, 0.3) is 0 Å². The Bertz CT molecular complexity index is 637. The number of hydrogen-bond acceptors (Lipinski definition) is 4. The molecule has 0 atom stereocenters. The average Bonchev–Trinajstić information content (AvgIpc) is 2.47. The molecule has 2 rings (SSSR count). The minimum absolute atomic E-state index is 0.285. The van der Waals surface area contributed by atoms with Crippen molar-refractivity contribution in [2.75, 3.05) is 18.5 Å². The van der Waals surface area contributed by atoms with E-state index in [1.54, 1.807) is 30.3 Å². The predicted molar refractivity (Wildman–Crippen MR) is 75.4 cm³/mol. The summed E-state index contributed by atoms with van der Waals surface area (Å²) >= 11 is 0. The van der Waals surface area contributed by atoms with Gasteiger partial charge in [-0.3, -0.25) is 0 Å². The normalized spacial score (nSPS) is 9.85. The first-order valence-electron chi connectivity index (χ1n) is 6.12. The summed E-state index contributed by atoms with van der Waals surface area (Å²) in [6, 6.07) is 13.3. The Hall–Kier alpha value is -2.58. The second kappa shape index (κ2) is 6.55. The van der Waals surface area contributed by atoms with Crippen LogP contribution in [0.5, 0.6) is 5.75 Å². The van der Waals surface area contributed by atoms with Gasteiger partial charge in [-0.05, 0) is 30.3 Å². The Kier molecular flexibility index (Phi) is 4.53. The van der Waals surface area contributed by atoms with Crippen molar-refractivity contribution >= 4 is 11.4 Å². The maximum atomic E-state index is 13.8. The number of nitrogens with zero attached hydrogens (tertiary/aromatic N) is 1. The lowest BCUT2D eigenvalue weighted by Gasteiger charge is -2.10. The molecule has 0 aliphatic carbocycles. The third-order valence-electron chi connectivity index (χ3n) is 2.60. The van der Waals surface area contributed by atoms with Crippen molar-refractivity contribution < 1.29 is 9.13 Å². The largest absolute Gasteiger partial charge is 0.492 e. The van der Waals surface area contributed by atoms with E-state index in [2.05, 4.69) is 5.32 Å². The first-order chi connectivity index (χ1) is 9.72. The van der Waals surface area contributed by atoms with Crippen molar-refractivity contribution in [3.05, 3.63) is 53.8 Å². The summed E-state index contributed by atoms with van der Waals surface area (Å²) in [6.07, 6.45) is 0. The molecule has 0 aliphatic rings. The molecule has 2 aromatic rings. The fourth-order valence-electron chi connectivity index (χ4n) is 1.68. The highest BCUT2D eigenvalue weighted by atomic mass is 19.1. The second-order valence-electron chi connectivity index (χ2n) is 4.10. The molecule has 102 valence electrons. The van der Waals surface area contributed by atoms with E-state index in [4.69, 9.17) is 15.7 Å². The van der Waals surface area contributed by atoms with E-state index in [0.717, 1.165) is 0 Å². The minimum Gasteiger partial charge on any atom is -0.492 e. The van der Waals surface area contributed by atoms with E-state index >= 15 is 0 Å². The zero-order chi connectivity index (χ0) is 14.4. The fraction of sp³-hybridized carbons (Fsp3) is 0.133. The summed E-state index contributed by atoms with van der Waals surface area (Å²) in [4.78, 5) is 0. The van der Waals surface area contributed by atoms with Crippen LogP contribution in [0.3, 0.4) is 0 Å². The Balaban J connectivity index is 2.15. The van der Waals surface area contributed by atoms with Gasteiger partial charge in [-0.2, -0.15) is 5.26 Å². The van der Waals surface area contributed by atoms with Crippen LogP contribution in [0.2, 0.25) is 0 Å². The molecule has 4 nitrogen and oxygen atoms in total. The summed E-state index contributed by atoms with van der Waals surface area (Å²) in [7, 11) is 0. The monoisotopic (exact) mass is 271 g/mol. The van der Waals surface area contributed by atoms with E-state index in [9.17, 15) is 4.39 Å². The maximum Gasteiger partial charge on any atom is 0.147 e. The third kappa shape index (κ3) is 3.46. The average molecular weight is 271 g/mol. The Morgan fingerprint density at radius 3 is 2.80 bits per heavy atom. The van der Waals surface area contributed by atoms with E-state index in [-0.39, 0.29) is 5.56 Å². The lowest BCUT2D eigenvalue weighted by Crippen LogP contribution is -2.10. The summed E-state index contributed by atoms with van der Waals surface area (Å²) < 4.78 is 19.2. The standard InChI is InChI=1S/C15H14FN3O/c16-14-8-11(10-18)4-5-15(14)19-12-2-1-3-13(9-12)20-7-6-17/h1-5,8-9,19H,6-7,17H2. The van der Waals surface area contributed by atoms with Crippen LogP contribution in [0, 0.1) is 17.1 Å². The van der Waals surface area contributed by atoms with Gasteiger partial charge in [0.2, 0.25) is 0 Å². The number of hydrogen-bond donors (Lipinski definition) is 2. The van der Waals surface area contributed by atoms with Crippen molar-refractivity contribution in [3.63, 3.8) is 0 Å².